The smallest absolute Gasteiger partial charge is 0.266 e. The Balaban J connectivity index is 2.04. The number of H-pyrrole nitrogens is 1. The summed E-state index contributed by atoms with van der Waals surface area (Å²) in [6, 6.07) is 10.3. The number of carbonyl (C=O) groups is 1. The molecule has 1 aromatic carbocycles. The number of amides is 1. The fraction of sp³-hybridized carbons (Fsp3) is 0.435. The van der Waals surface area contributed by atoms with Crippen molar-refractivity contribution in [1.82, 2.24) is 9.88 Å². The van der Waals surface area contributed by atoms with E-state index in [1.54, 1.807) is 25.8 Å². The van der Waals surface area contributed by atoms with E-state index in [0.29, 0.717) is 24.9 Å². The second kappa shape index (κ2) is 8.43. The van der Waals surface area contributed by atoms with Crippen molar-refractivity contribution in [3.8, 4) is 6.07 Å². The lowest BCUT2D eigenvalue weighted by Crippen LogP contribution is -2.27. The summed E-state index contributed by atoms with van der Waals surface area (Å²) in [5.74, 6) is 0.0309. The van der Waals surface area contributed by atoms with Crippen LogP contribution in [0.3, 0.4) is 0 Å². The van der Waals surface area contributed by atoms with E-state index in [1.807, 2.05) is 6.07 Å². The van der Waals surface area contributed by atoms with E-state index in [4.69, 9.17) is 5.26 Å². The molecule has 1 N–H and O–H groups in total. The third kappa shape index (κ3) is 4.89. The molecule has 2 rings (SSSR count). The van der Waals surface area contributed by atoms with Crippen LogP contribution in [0.15, 0.2) is 29.1 Å². The molecule has 0 fully saturated rings. The molecule has 0 radical (unpaired) electrons. The third-order valence-corrected chi connectivity index (χ3v) is 5.17. The number of pyridine rings is 1. The Morgan fingerprint density at radius 3 is 2.32 bits per heavy atom. The first kappa shape index (κ1) is 21.4. The van der Waals surface area contributed by atoms with Crippen molar-refractivity contribution < 1.29 is 4.79 Å². The van der Waals surface area contributed by atoms with E-state index in [9.17, 15) is 9.59 Å². The van der Waals surface area contributed by atoms with Crippen LogP contribution in [0.2, 0.25) is 0 Å². The summed E-state index contributed by atoms with van der Waals surface area (Å²) >= 11 is 0. The van der Waals surface area contributed by atoms with E-state index < -0.39 is 0 Å². The van der Waals surface area contributed by atoms with Crippen LogP contribution in [0.4, 0.5) is 0 Å². The number of aromatic amines is 1. The average Bonchev–Trinajstić information content (AvgIpc) is 2.61. The van der Waals surface area contributed by atoms with Crippen molar-refractivity contribution in [2.24, 2.45) is 0 Å². The van der Waals surface area contributed by atoms with Crippen LogP contribution in [-0.4, -0.2) is 22.8 Å². The van der Waals surface area contributed by atoms with Crippen LogP contribution >= 0.6 is 0 Å². The number of hydrogen-bond donors (Lipinski definition) is 1. The second-order valence-corrected chi connectivity index (χ2v) is 8.37. The molecule has 1 aromatic heterocycles. The molecule has 0 aliphatic rings. The van der Waals surface area contributed by atoms with Gasteiger partial charge in [-0.1, -0.05) is 45.0 Å². The molecule has 0 atom stereocenters. The minimum atomic E-state index is -0.372. The minimum Gasteiger partial charge on any atom is -0.341 e. The highest BCUT2D eigenvalue weighted by Gasteiger charge is 2.16. The normalized spacial score (nSPS) is 11.2. The van der Waals surface area contributed by atoms with E-state index in [2.05, 4.69) is 50.0 Å². The molecule has 1 amide bonds. The van der Waals surface area contributed by atoms with Crippen LogP contribution in [0.25, 0.3) is 0 Å². The molecule has 5 heteroatoms. The zero-order valence-electron chi connectivity index (χ0n) is 17.6. The Kier molecular flexibility index (Phi) is 6.45. The fourth-order valence-electron chi connectivity index (χ4n) is 3.32. The van der Waals surface area contributed by atoms with Gasteiger partial charge < -0.3 is 9.88 Å². The van der Waals surface area contributed by atoms with Crippen LogP contribution in [-0.2, 0) is 23.2 Å². The van der Waals surface area contributed by atoms with Crippen molar-refractivity contribution in [3.63, 3.8) is 0 Å². The van der Waals surface area contributed by atoms with Crippen LogP contribution in [0.1, 0.15) is 60.7 Å². The van der Waals surface area contributed by atoms with Gasteiger partial charge in [0.2, 0.25) is 5.91 Å². The molecule has 148 valence electrons. The monoisotopic (exact) mass is 379 g/mol. The lowest BCUT2D eigenvalue weighted by atomic mass is 9.87. The van der Waals surface area contributed by atoms with E-state index in [0.717, 1.165) is 16.8 Å². The number of rotatable bonds is 5. The van der Waals surface area contributed by atoms with Gasteiger partial charge >= 0.3 is 0 Å². The molecule has 0 saturated heterocycles. The summed E-state index contributed by atoms with van der Waals surface area (Å²) < 4.78 is 0. The van der Waals surface area contributed by atoms with Crippen LogP contribution in [0.5, 0.6) is 0 Å². The van der Waals surface area contributed by atoms with Crippen LogP contribution < -0.4 is 5.56 Å². The third-order valence-electron chi connectivity index (χ3n) is 5.17. The molecule has 28 heavy (non-hydrogen) atoms. The number of aryl methyl sites for hydroxylation is 1. The zero-order chi connectivity index (χ0) is 21.1. The van der Waals surface area contributed by atoms with Gasteiger partial charge in [-0.3, -0.25) is 9.59 Å². The number of nitriles is 1. The SMILES string of the molecule is Cc1[nH]c(=O)c(C#N)c(C)c1CCC(=O)N(C)Cc1ccc(C(C)(C)C)cc1. The Labute approximate surface area is 167 Å². The van der Waals surface area contributed by atoms with Crippen molar-refractivity contribution >= 4 is 5.91 Å². The molecule has 0 aliphatic heterocycles. The average molecular weight is 380 g/mol. The topological polar surface area (TPSA) is 77.0 Å². The summed E-state index contributed by atoms with van der Waals surface area (Å²) in [6.45, 7) is 10.6. The quantitative estimate of drug-likeness (QED) is 0.859. The Hall–Kier alpha value is -2.87. The highest BCUT2D eigenvalue weighted by Crippen LogP contribution is 2.22. The molecular weight excluding hydrogens is 350 g/mol. The van der Waals surface area contributed by atoms with Gasteiger partial charge in [-0.2, -0.15) is 5.26 Å². The minimum absolute atomic E-state index is 0.0309. The number of nitrogens with one attached hydrogen (secondary N) is 1. The van der Waals surface area contributed by atoms with Gasteiger partial charge in [0, 0.05) is 25.7 Å². The number of hydrogen-bond acceptors (Lipinski definition) is 3. The molecule has 2 aromatic rings. The molecule has 5 nitrogen and oxygen atoms in total. The molecule has 0 unspecified atom stereocenters. The first-order valence-corrected chi connectivity index (χ1v) is 9.50. The number of nitrogens with zero attached hydrogens (tertiary/aromatic N) is 2. The maximum absolute atomic E-state index is 12.6. The van der Waals surface area contributed by atoms with Gasteiger partial charge in [-0.05, 0) is 47.9 Å². The lowest BCUT2D eigenvalue weighted by molar-refractivity contribution is -0.130. The van der Waals surface area contributed by atoms with Gasteiger partial charge in [0.25, 0.3) is 5.56 Å². The van der Waals surface area contributed by atoms with E-state index in [1.165, 1.54) is 5.56 Å². The van der Waals surface area contributed by atoms with Crippen molar-refractivity contribution in [2.75, 3.05) is 7.05 Å². The molecular formula is C23H29N3O2. The summed E-state index contributed by atoms with van der Waals surface area (Å²) in [7, 11) is 1.80. The van der Waals surface area contributed by atoms with Crippen LogP contribution in [0, 0.1) is 25.2 Å². The summed E-state index contributed by atoms with van der Waals surface area (Å²) in [4.78, 5) is 28.8. The summed E-state index contributed by atoms with van der Waals surface area (Å²) in [6.07, 6.45) is 0.824. The van der Waals surface area contributed by atoms with Crippen molar-refractivity contribution in [3.05, 3.63) is 68.1 Å². The predicted octanol–water partition coefficient (Wildman–Crippen LogP) is 3.75. The first-order chi connectivity index (χ1) is 13.0. The Morgan fingerprint density at radius 1 is 1.18 bits per heavy atom. The van der Waals surface area contributed by atoms with Gasteiger partial charge in [0.15, 0.2) is 0 Å². The standard InChI is InChI=1S/C23H29N3O2/c1-15-19(16(2)25-22(28)20(15)13-24)11-12-21(27)26(6)14-17-7-9-18(10-8-17)23(3,4)5/h7-10H,11-12,14H2,1-6H3,(H,25,28). The molecule has 0 aliphatic carbocycles. The number of carbonyl (C=O) groups excluding carboxylic acids is 1. The highest BCUT2D eigenvalue weighted by atomic mass is 16.2. The van der Waals surface area contributed by atoms with Crippen molar-refractivity contribution in [1.29, 1.82) is 5.26 Å². The van der Waals surface area contributed by atoms with Gasteiger partial charge in [-0.25, -0.2) is 0 Å². The number of benzene rings is 1. The Morgan fingerprint density at radius 2 is 1.79 bits per heavy atom. The lowest BCUT2D eigenvalue weighted by Gasteiger charge is -2.21. The molecule has 0 spiro atoms. The maximum Gasteiger partial charge on any atom is 0.266 e. The predicted molar refractivity (Wildman–Crippen MR) is 111 cm³/mol. The second-order valence-electron chi connectivity index (χ2n) is 8.37. The van der Waals surface area contributed by atoms with Gasteiger partial charge in [0.1, 0.15) is 11.6 Å². The molecule has 0 bridgehead atoms. The van der Waals surface area contributed by atoms with Gasteiger partial charge in [-0.15, -0.1) is 0 Å². The molecule has 0 saturated carbocycles. The fourth-order valence-corrected chi connectivity index (χ4v) is 3.32. The summed E-state index contributed by atoms with van der Waals surface area (Å²) in [5, 5.41) is 9.17. The molecule has 1 heterocycles. The highest BCUT2D eigenvalue weighted by molar-refractivity contribution is 5.76. The van der Waals surface area contributed by atoms with E-state index in [-0.39, 0.29) is 22.4 Å². The number of aromatic nitrogens is 1. The maximum atomic E-state index is 12.6. The summed E-state index contributed by atoms with van der Waals surface area (Å²) in [5.41, 5.74) is 4.46. The van der Waals surface area contributed by atoms with Gasteiger partial charge in [0.05, 0.1) is 0 Å². The zero-order valence-corrected chi connectivity index (χ0v) is 17.6. The van der Waals surface area contributed by atoms with Crippen molar-refractivity contribution in [2.45, 2.75) is 59.4 Å². The largest absolute Gasteiger partial charge is 0.341 e. The first-order valence-electron chi connectivity index (χ1n) is 9.50. The van der Waals surface area contributed by atoms with E-state index >= 15 is 0 Å². The Bertz CT molecular complexity index is 958.